The smallest absolute Gasteiger partial charge is 0.162 e. The maximum atomic E-state index is 13.9. The van der Waals surface area contributed by atoms with Crippen molar-refractivity contribution in [3.63, 3.8) is 0 Å². The highest BCUT2D eigenvalue weighted by molar-refractivity contribution is 7.98. The van der Waals surface area contributed by atoms with Crippen molar-refractivity contribution >= 4 is 46.4 Å². The van der Waals surface area contributed by atoms with Crippen LogP contribution in [0.1, 0.15) is 54.9 Å². The van der Waals surface area contributed by atoms with Gasteiger partial charge in [0, 0.05) is 39.0 Å². The lowest BCUT2D eigenvalue weighted by Gasteiger charge is -2.44. The molecule has 1 atom stereocenters. The second-order valence-corrected chi connectivity index (χ2v) is 13.3. The van der Waals surface area contributed by atoms with Gasteiger partial charge in [0.25, 0.3) is 0 Å². The van der Waals surface area contributed by atoms with Gasteiger partial charge in [0.05, 0.1) is 22.6 Å². The van der Waals surface area contributed by atoms with Gasteiger partial charge in [0.2, 0.25) is 0 Å². The van der Waals surface area contributed by atoms with Crippen LogP contribution in [0.2, 0.25) is 10.0 Å². The lowest BCUT2D eigenvalue weighted by Crippen LogP contribution is -2.42. The molecule has 1 heterocycles. The van der Waals surface area contributed by atoms with Gasteiger partial charge in [-0.1, -0.05) is 49.2 Å². The van der Waals surface area contributed by atoms with E-state index in [1.54, 1.807) is 40.9 Å². The van der Waals surface area contributed by atoms with Gasteiger partial charge in [0.1, 0.15) is 11.6 Å². The van der Waals surface area contributed by atoms with Gasteiger partial charge < -0.3 is 5.73 Å². The number of Topliss-reactive ketones (excluding diaryl/α,β-unsaturated/α-hetero) is 1. The van der Waals surface area contributed by atoms with Crippen LogP contribution in [0.3, 0.4) is 0 Å². The fraction of sp³-hybridized carbons (Fsp3) is 0.273. The van der Waals surface area contributed by atoms with Crippen molar-refractivity contribution in [1.29, 1.82) is 5.26 Å². The summed E-state index contributed by atoms with van der Waals surface area (Å²) in [5.74, 6) is -0.0954. The molecule has 0 spiro atoms. The molecule has 3 aromatic rings. The van der Waals surface area contributed by atoms with Gasteiger partial charge in [0.15, 0.2) is 5.78 Å². The van der Waals surface area contributed by atoms with Gasteiger partial charge in [-0.2, -0.15) is 5.26 Å². The maximum Gasteiger partial charge on any atom is 0.162 e. The van der Waals surface area contributed by atoms with Crippen LogP contribution in [0, 0.1) is 36.4 Å². The molecule has 1 unspecified atom stereocenters. The first kappa shape index (κ1) is 29.3. The van der Waals surface area contributed by atoms with E-state index in [-0.39, 0.29) is 22.8 Å². The third-order valence-electron chi connectivity index (χ3n) is 7.78. The lowest BCUT2D eigenvalue weighted by molar-refractivity contribution is -0.118. The molecule has 0 fully saturated rings. The fourth-order valence-corrected chi connectivity index (χ4v) is 7.39. The van der Waals surface area contributed by atoms with Crippen LogP contribution in [-0.2, 0) is 10.5 Å². The molecule has 8 heteroatoms. The normalized spacial score (nSPS) is 18.4. The molecule has 0 saturated heterocycles. The number of anilines is 1. The number of nitrogens with two attached hydrogens (primary N) is 1. The molecular formula is C33H30Cl2FN3OS. The summed E-state index contributed by atoms with van der Waals surface area (Å²) < 4.78 is 13.8. The summed E-state index contributed by atoms with van der Waals surface area (Å²) in [7, 11) is 0. The molecule has 0 radical (unpaired) electrons. The van der Waals surface area contributed by atoms with E-state index >= 15 is 0 Å². The number of thioether (sulfide) groups is 1. The second kappa shape index (κ2) is 11.2. The van der Waals surface area contributed by atoms with Crippen LogP contribution in [0.4, 0.5) is 10.1 Å². The number of hydrogen-bond donors (Lipinski definition) is 1. The molecule has 41 heavy (non-hydrogen) atoms. The number of aryl methyl sites for hydroxylation is 2. The number of benzene rings is 3. The predicted octanol–water partition coefficient (Wildman–Crippen LogP) is 8.98. The zero-order valence-electron chi connectivity index (χ0n) is 23.3. The first-order chi connectivity index (χ1) is 19.4. The SMILES string of the molecule is Cc1cc(C)c(C2C(C#N)=C(N)N(c3ccc(F)cc3)C3=C2C(=O)CC(C)(C)C3)cc1CSc1cc(Cl)ccc1Cl. The predicted molar refractivity (Wildman–Crippen MR) is 165 cm³/mol. The number of rotatable bonds is 5. The number of hydrogen-bond acceptors (Lipinski definition) is 5. The Morgan fingerprint density at radius 3 is 2.46 bits per heavy atom. The molecular weight excluding hydrogens is 576 g/mol. The summed E-state index contributed by atoms with van der Waals surface area (Å²) in [5, 5.41) is 11.7. The average Bonchev–Trinajstić information content (AvgIpc) is 2.89. The van der Waals surface area contributed by atoms with E-state index in [2.05, 4.69) is 39.0 Å². The number of carbonyl (C=O) groups is 1. The van der Waals surface area contributed by atoms with Crippen LogP contribution < -0.4 is 10.6 Å². The minimum atomic E-state index is -0.602. The Morgan fingerprint density at radius 1 is 1.07 bits per heavy atom. The van der Waals surface area contributed by atoms with E-state index in [9.17, 15) is 14.4 Å². The molecule has 3 aromatic carbocycles. The van der Waals surface area contributed by atoms with Crippen LogP contribution in [0.25, 0.3) is 0 Å². The highest BCUT2D eigenvalue weighted by Crippen LogP contribution is 2.51. The van der Waals surface area contributed by atoms with Crippen molar-refractivity contribution in [2.45, 2.75) is 57.1 Å². The third-order valence-corrected chi connectivity index (χ3v) is 9.56. The summed E-state index contributed by atoms with van der Waals surface area (Å²) in [6.07, 6.45) is 0.946. The Balaban J connectivity index is 1.66. The quantitative estimate of drug-likeness (QED) is 0.294. The Kier molecular flexibility index (Phi) is 8.00. The molecule has 0 saturated carbocycles. The number of carbonyl (C=O) groups excluding carboxylic acids is 1. The largest absolute Gasteiger partial charge is 0.384 e. The molecule has 2 aliphatic rings. The number of halogens is 3. The first-order valence-corrected chi connectivity index (χ1v) is 15.0. The summed E-state index contributed by atoms with van der Waals surface area (Å²) in [6.45, 7) is 8.17. The number of nitrogens with zero attached hydrogens (tertiary/aromatic N) is 2. The maximum absolute atomic E-state index is 13.9. The molecule has 0 aromatic heterocycles. The van der Waals surface area contributed by atoms with E-state index in [0.29, 0.717) is 45.5 Å². The first-order valence-electron chi connectivity index (χ1n) is 13.3. The Hall–Kier alpha value is -3.24. The summed E-state index contributed by atoms with van der Waals surface area (Å²) in [6, 6.07) is 17.9. The van der Waals surface area contributed by atoms with E-state index in [1.807, 2.05) is 13.0 Å². The molecule has 5 rings (SSSR count). The highest BCUT2D eigenvalue weighted by Gasteiger charge is 2.45. The number of ketones is 1. The van der Waals surface area contributed by atoms with Crippen LogP contribution in [0.5, 0.6) is 0 Å². The van der Waals surface area contributed by atoms with Crippen molar-refractivity contribution in [2.24, 2.45) is 11.1 Å². The lowest BCUT2D eigenvalue weighted by atomic mass is 9.68. The topological polar surface area (TPSA) is 70.1 Å². The van der Waals surface area contributed by atoms with Crippen LogP contribution in [-0.4, -0.2) is 5.78 Å². The zero-order chi connectivity index (χ0) is 29.6. The number of allylic oxidation sites excluding steroid dienone is 3. The minimum Gasteiger partial charge on any atom is -0.384 e. The fourth-order valence-electron chi connectivity index (χ4n) is 5.83. The van der Waals surface area contributed by atoms with Crippen LogP contribution in [0.15, 0.2) is 82.2 Å². The van der Waals surface area contributed by atoms with Crippen LogP contribution >= 0.6 is 35.0 Å². The number of nitriles is 1. The Morgan fingerprint density at radius 2 is 1.78 bits per heavy atom. The van der Waals surface area contributed by atoms with Crippen molar-refractivity contribution < 1.29 is 9.18 Å². The summed E-state index contributed by atoms with van der Waals surface area (Å²) in [5.41, 5.74) is 12.8. The highest BCUT2D eigenvalue weighted by atomic mass is 35.5. The molecule has 2 N–H and O–H groups in total. The average molecular weight is 607 g/mol. The standard InChI is InChI=1S/C33H30Cl2FN3OS/c1-18-11-19(2)24(12-20(18)17-41-29-13-21(34)5-10-26(29)35)30-25(16-37)32(38)39(23-8-6-22(36)7-9-23)27-14-33(3,4)15-28(40)31(27)30/h5-13,30H,14-15,17,38H2,1-4H3. The third kappa shape index (κ3) is 5.64. The molecule has 1 aliphatic carbocycles. The van der Waals surface area contributed by atoms with Gasteiger partial charge in [-0.3, -0.25) is 9.69 Å². The minimum absolute atomic E-state index is 0.00443. The molecule has 210 valence electrons. The zero-order valence-corrected chi connectivity index (χ0v) is 25.6. The monoisotopic (exact) mass is 605 g/mol. The molecule has 4 nitrogen and oxygen atoms in total. The van der Waals surface area contributed by atoms with E-state index in [4.69, 9.17) is 28.9 Å². The van der Waals surface area contributed by atoms with E-state index in [0.717, 1.165) is 32.8 Å². The van der Waals surface area contributed by atoms with Gasteiger partial charge in [-0.05, 0) is 90.4 Å². The molecule has 1 aliphatic heterocycles. The van der Waals surface area contributed by atoms with Crippen molar-refractivity contribution in [1.82, 2.24) is 0 Å². The van der Waals surface area contributed by atoms with Gasteiger partial charge in [-0.25, -0.2) is 4.39 Å². The Labute approximate surface area is 254 Å². The van der Waals surface area contributed by atoms with Gasteiger partial charge >= 0.3 is 0 Å². The van der Waals surface area contributed by atoms with Crippen molar-refractivity contribution in [3.05, 3.63) is 115 Å². The van der Waals surface area contributed by atoms with E-state index in [1.165, 1.54) is 12.1 Å². The second-order valence-electron chi connectivity index (χ2n) is 11.5. The molecule has 0 amide bonds. The summed E-state index contributed by atoms with van der Waals surface area (Å²) >= 11 is 14.2. The summed E-state index contributed by atoms with van der Waals surface area (Å²) in [4.78, 5) is 16.6. The van der Waals surface area contributed by atoms with E-state index < -0.39 is 5.92 Å². The van der Waals surface area contributed by atoms with Crippen molar-refractivity contribution in [3.8, 4) is 6.07 Å². The Bertz CT molecular complexity index is 1670. The molecule has 0 bridgehead atoms. The van der Waals surface area contributed by atoms with Gasteiger partial charge in [-0.15, -0.1) is 11.8 Å². The van der Waals surface area contributed by atoms with Crippen molar-refractivity contribution in [2.75, 3.05) is 4.90 Å².